The number of benzene rings is 2. The number of ether oxygens (including phenoxy) is 1. The molecule has 8 heteroatoms. The lowest BCUT2D eigenvalue weighted by molar-refractivity contribution is 0.327. The van der Waals surface area contributed by atoms with Crippen LogP contribution in [0.25, 0.3) is 11.1 Å². The molecule has 0 radical (unpaired) electrons. The van der Waals surface area contributed by atoms with E-state index in [1.54, 1.807) is 18.3 Å². The normalized spacial score (nSPS) is 13.8. The number of nitrogens with zero attached hydrogens (tertiary/aromatic N) is 4. The number of methoxy groups -OCH3 is 1. The Balaban J connectivity index is 1.49. The highest BCUT2D eigenvalue weighted by molar-refractivity contribution is 5.86. The van der Waals surface area contributed by atoms with E-state index in [1.165, 1.54) is 13.2 Å². The van der Waals surface area contributed by atoms with Gasteiger partial charge in [0.25, 0.3) is 0 Å². The number of hydrogen-bond donors (Lipinski definition) is 2. The van der Waals surface area contributed by atoms with Crippen LogP contribution in [0.1, 0.15) is 5.56 Å². The molecule has 7 nitrogen and oxygen atoms in total. The van der Waals surface area contributed by atoms with Crippen LogP contribution in [0, 0.1) is 5.82 Å². The summed E-state index contributed by atoms with van der Waals surface area (Å²) < 4.78 is 18.9. The summed E-state index contributed by atoms with van der Waals surface area (Å²) >= 11 is 0. The van der Waals surface area contributed by atoms with Gasteiger partial charge in [-0.3, -0.25) is 5.10 Å². The Morgan fingerprint density at radius 1 is 1.18 bits per heavy atom. The Labute approximate surface area is 161 Å². The monoisotopic (exact) mass is 381 g/mol. The lowest BCUT2D eigenvalue weighted by Gasteiger charge is -2.21. The summed E-state index contributed by atoms with van der Waals surface area (Å²) in [4.78, 5) is 1.91. The number of halogens is 1. The molecule has 0 bridgehead atoms. The summed E-state index contributed by atoms with van der Waals surface area (Å²) in [5, 5.41) is 22.7. The summed E-state index contributed by atoms with van der Waals surface area (Å²) in [7, 11) is 1.44. The Hall–Kier alpha value is -3.39. The minimum atomic E-state index is -0.409. The summed E-state index contributed by atoms with van der Waals surface area (Å²) in [5.41, 5.74) is 3.74. The molecule has 28 heavy (non-hydrogen) atoms. The van der Waals surface area contributed by atoms with Crippen LogP contribution < -0.4 is 9.75 Å². The molecule has 2 aromatic carbocycles. The Morgan fingerprint density at radius 3 is 2.64 bits per heavy atom. The van der Waals surface area contributed by atoms with Crippen LogP contribution in [0.5, 0.6) is 5.75 Å². The van der Waals surface area contributed by atoms with Gasteiger partial charge < -0.3 is 14.7 Å². The van der Waals surface area contributed by atoms with Crippen LogP contribution in [0.3, 0.4) is 0 Å². The van der Waals surface area contributed by atoms with Gasteiger partial charge in [0.1, 0.15) is 13.3 Å². The second-order valence-corrected chi connectivity index (χ2v) is 6.42. The van der Waals surface area contributed by atoms with Crippen LogP contribution in [-0.2, 0) is 6.54 Å². The zero-order valence-corrected chi connectivity index (χ0v) is 15.3. The molecule has 1 aromatic heterocycles. The number of H-pyrrole nitrogens is 1. The molecule has 0 unspecified atom stereocenters. The van der Waals surface area contributed by atoms with Gasteiger partial charge in [0.2, 0.25) is 0 Å². The lowest BCUT2D eigenvalue weighted by Crippen LogP contribution is -2.32. The van der Waals surface area contributed by atoms with E-state index < -0.39 is 5.82 Å². The van der Waals surface area contributed by atoms with Gasteiger partial charge in [-0.15, -0.1) is 0 Å². The van der Waals surface area contributed by atoms with Crippen molar-refractivity contribution < 1.29 is 14.2 Å². The van der Waals surface area contributed by atoms with Gasteiger partial charge in [0.15, 0.2) is 17.4 Å². The third kappa shape index (κ3) is 3.54. The van der Waals surface area contributed by atoms with Crippen LogP contribution >= 0.6 is 0 Å². The minimum absolute atomic E-state index is 0.192. The predicted molar refractivity (Wildman–Crippen MR) is 104 cm³/mol. The highest BCUT2D eigenvalue weighted by atomic mass is 19.1. The summed E-state index contributed by atoms with van der Waals surface area (Å²) in [6, 6.07) is 12.8. The first-order valence-corrected chi connectivity index (χ1v) is 8.80. The van der Waals surface area contributed by atoms with Crippen molar-refractivity contribution in [2.75, 3.05) is 25.4 Å². The van der Waals surface area contributed by atoms with E-state index in [4.69, 9.17) is 4.74 Å². The molecule has 0 saturated carbocycles. The van der Waals surface area contributed by atoms with Crippen LogP contribution in [-0.4, -0.2) is 46.4 Å². The molecule has 1 aliphatic heterocycles. The third-order valence-electron chi connectivity index (χ3n) is 4.63. The fraction of sp³-hybridized carbons (Fsp3) is 0.200. The third-order valence-corrected chi connectivity index (χ3v) is 4.63. The van der Waals surface area contributed by atoms with Crippen molar-refractivity contribution in [3.05, 3.63) is 66.2 Å². The summed E-state index contributed by atoms with van der Waals surface area (Å²) in [6.07, 6.45) is 3.60. The molecule has 2 N–H and O–H groups in total. The largest absolute Gasteiger partial charge is 0.494 e. The predicted octanol–water partition coefficient (Wildman–Crippen LogP) is 2.81. The van der Waals surface area contributed by atoms with Crippen molar-refractivity contribution in [2.45, 2.75) is 6.54 Å². The number of amidine groups is 1. The van der Waals surface area contributed by atoms with E-state index in [9.17, 15) is 9.50 Å². The maximum atomic E-state index is 14.0. The van der Waals surface area contributed by atoms with Crippen molar-refractivity contribution in [1.29, 1.82) is 0 Å². The number of aliphatic hydroxyl groups is 1. The van der Waals surface area contributed by atoms with Gasteiger partial charge in [-0.25, -0.2) is 9.40 Å². The molecule has 0 aliphatic carbocycles. The molecular formula is C20H20FN5O2. The van der Waals surface area contributed by atoms with Crippen molar-refractivity contribution in [3.8, 4) is 16.9 Å². The molecule has 0 fully saturated rings. The highest BCUT2D eigenvalue weighted by Crippen LogP contribution is 2.26. The second-order valence-electron chi connectivity index (χ2n) is 6.42. The molecule has 2 heterocycles. The minimum Gasteiger partial charge on any atom is -0.494 e. The van der Waals surface area contributed by atoms with E-state index in [1.807, 2.05) is 40.4 Å². The van der Waals surface area contributed by atoms with Crippen molar-refractivity contribution in [2.24, 2.45) is 5.10 Å². The van der Waals surface area contributed by atoms with Crippen molar-refractivity contribution in [1.82, 2.24) is 15.1 Å². The smallest absolute Gasteiger partial charge is 0.165 e. The molecule has 1 aliphatic rings. The van der Waals surface area contributed by atoms with Crippen molar-refractivity contribution >= 4 is 11.5 Å². The van der Waals surface area contributed by atoms with E-state index in [2.05, 4.69) is 15.3 Å². The Morgan fingerprint density at radius 2 is 2.00 bits per heavy atom. The SMILES string of the molecule is COc1ccc(CN2CN(c3ccc(-c4cn[nH]c4)cc3)N=C2CO)cc1F. The molecule has 0 spiro atoms. The van der Waals surface area contributed by atoms with E-state index in [-0.39, 0.29) is 12.4 Å². The Bertz CT molecular complexity index is 973. The maximum Gasteiger partial charge on any atom is 0.165 e. The van der Waals surface area contributed by atoms with Crippen LogP contribution in [0.2, 0.25) is 0 Å². The van der Waals surface area contributed by atoms with Gasteiger partial charge in [-0.1, -0.05) is 18.2 Å². The van der Waals surface area contributed by atoms with Crippen LogP contribution in [0.15, 0.2) is 60.0 Å². The van der Waals surface area contributed by atoms with Crippen LogP contribution in [0.4, 0.5) is 10.1 Å². The van der Waals surface area contributed by atoms with Gasteiger partial charge in [-0.05, 0) is 35.4 Å². The average molecular weight is 381 g/mol. The fourth-order valence-electron chi connectivity index (χ4n) is 3.15. The van der Waals surface area contributed by atoms with E-state index >= 15 is 0 Å². The quantitative estimate of drug-likeness (QED) is 0.687. The summed E-state index contributed by atoms with van der Waals surface area (Å²) in [6.45, 7) is 0.709. The number of aliphatic hydroxyl groups excluding tert-OH is 1. The van der Waals surface area contributed by atoms with Gasteiger partial charge in [0.05, 0.1) is 19.0 Å². The first kappa shape index (κ1) is 18.0. The molecule has 144 valence electrons. The number of nitrogens with one attached hydrogen (secondary N) is 1. The number of aromatic amines is 1. The molecular weight excluding hydrogens is 361 g/mol. The van der Waals surface area contributed by atoms with Gasteiger partial charge >= 0.3 is 0 Å². The summed E-state index contributed by atoms with van der Waals surface area (Å²) in [5.74, 6) is 0.337. The average Bonchev–Trinajstić information content (AvgIpc) is 3.38. The number of anilines is 1. The number of aromatic nitrogens is 2. The highest BCUT2D eigenvalue weighted by Gasteiger charge is 2.24. The lowest BCUT2D eigenvalue weighted by atomic mass is 10.1. The molecule has 4 rings (SSSR count). The first-order valence-electron chi connectivity index (χ1n) is 8.80. The fourth-order valence-corrected chi connectivity index (χ4v) is 3.15. The Kier molecular flexibility index (Phi) is 4.94. The topological polar surface area (TPSA) is 77.0 Å². The van der Waals surface area contributed by atoms with E-state index in [0.29, 0.717) is 19.0 Å². The molecule has 0 saturated heterocycles. The van der Waals surface area contributed by atoms with Crippen molar-refractivity contribution in [3.63, 3.8) is 0 Å². The van der Waals surface area contributed by atoms with Gasteiger partial charge in [-0.2, -0.15) is 10.2 Å². The molecule has 3 aromatic rings. The number of hydrogen-bond acceptors (Lipinski definition) is 6. The standard InChI is InChI=1S/C20H20FN5O2/c1-28-19-7-2-14(8-18(19)21)11-25-13-26(24-20(25)12-27)17-5-3-15(4-6-17)16-9-22-23-10-16/h2-10,27H,11-13H2,1H3,(H,22,23). The zero-order valence-electron chi connectivity index (χ0n) is 15.3. The molecule has 0 atom stereocenters. The number of hydrazone groups is 1. The first-order chi connectivity index (χ1) is 13.7. The number of rotatable bonds is 6. The molecule has 0 amide bonds. The zero-order chi connectivity index (χ0) is 19.5. The van der Waals surface area contributed by atoms with Gasteiger partial charge in [0, 0.05) is 18.3 Å². The second kappa shape index (κ2) is 7.69. The maximum absolute atomic E-state index is 14.0. The van der Waals surface area contributed by atoms with E-state index in [0.717, 1.165) is 22.4 Å².